The van der Waals surface area contributed by atoms with Gasteiger partial charge in [0.05, 0.1) is 0 Å². The minimum atomic E-state index is 0.0955. The predicted molar refractivity (Wildman–Crippen MR) is 78.5 cm³/mol. The Balaban J connectivity index is 2.23. The molecule has 1 aromatic carbocycles. The Bertz CT molecular complexity index is 459. The van der Waals surface area contributed by atoms with Crippen LogP contribution in [0.3, 0.4) is 0 Å². The van der Waals surface area contributed by atoms with Gasteiger partial charge in [-0.3, -0.25) is 4.79 Å². The molecule has 1 saturated heterocycles. The Morgan fingerprint density at radius 1 is 1.47 bits per heavy atom. The van der Waals surface area contributed by atoms with E-state index in [-0.39, 0.29) is 11.9 Å². The molecule has 1 amide bonds. The number of carbonyl (C=O) groups is 1. The molecule has 2 rings (SSSR count). The van der Waals surface area contributed by atoms with Gasteiger partial charge in [-0.2, -0.15) is 0 Å². The monoisotopic (exact) mass is 280 g/mol. The summed E-state index contributed by atoms with van der Waals surface area (Å²) in [7, 11) is 0. The van der Waals surface area contributed by atoms with Crippen LogP contribution in [-0.4, -0.2) is 29.9 Å². The summed E-state index contributed by atoms with van der Waals surface area (Å²) >= 11 is 6.01. The van der Waals surface area contributed by atoms with Crippen molar-refractivity contribution in [2.75, 3.05) is 13.1 Å². The average Bonchev–Trinajstić information content (AvgIpc) is 2.42. The Morgan fingerprint density at radius 2 is 2.26 bits per heavy atom. The number of nitrogens with two attached hydrogens (primary N) is 1. The van der Waals surface area contributed by atoms with Gasteiger partial charge in [0.2, 0.25) is 0 Å². The molecule has 0 spiro atoms. The van der Waals surface area contributed by atoms with E-state index in [1.807, 2.05) is 24.0 Å². The van der Waals surface area contributed by atoms with Crippen molar-refractivity contribution in [3.05, 3.63) is 34.3 Å². The molecular formula is C15H21ClN2O. The first-order valence-corrected chi connectivity index (χ1v) is 7.28. The zero-order chi connectivity index (χ0) is 13.8. The molecule has 0 radical (unpaired) electrons. The van der Waals surface area contributed by atoms with Gasteiger partial charge < -0.3 is 10.6 Å². The maximum Gasteiger partial charge on any atom is 0.254 e. The van der Waals surface area contributed by atoms with E-state index in [1.165, 1.54) is 6.42 Å². The molecule has 0 bridgehead atoms. The minimum Gasteiger partial charge on any atom is -0.336 e. The van der Waals surface area contributed by atoms with Crippen molar-refractivity contribution < 1.29 is 4.79 Å². The SMILES string of the molecule is Cc1ccc(Cl)cc1C(=O)N1CCCCC1CCN. The maximum absolute atomic E-state index is 12.7. The Labute approximate surface area is 119 Å². The van der Waals surface area contributed by atoms with Crippen LogP contribution in [0.4, 0.5) is 0 Å². The van der Waals surface area contributed by atoms with Crippen LogP contribution in [0.1, 0.15) is 41.6 Å². The van der Waals surface area contributed by atoms with E-state index in [1.54, 1.807) is 6.07 Å². The molecule has 0 aromatic heterocycles. The first-order chi connectivity index (χ1) is 9.13. The number of amides is 1. The summed E-state index contributed by atoms with van der Waals surface area (Å²) in [6.07, 6.45) is 4.20. The van der Waals surface area contributed by atoms with E-state index >= 15 is 0 Å². The molecule has 2 N–H and O–H groups in total. The second-order valence-electron chi connectivity index (χ2n) is 5.18. The van der Waals surface area contributed by atoms with Gasteiger partial charge in [-0.05, 0) is 56.8 Å². The van der Waals surface area contributed by atoms with Crippen LogP contribution in [0.15, 0.2) is 18.2 Å². The van der Waals surface area contributed by atoms with Crippen LogP contribution in [0, 0.1) is 6.92 Å². The van der Waals surface area contributed by atoms with E-state index in [0.29, 0.717) is 11.6 Å². The van der Waals surface area contributed by atoms with Crippen molar-refractivity contribution in [3.63, 3.8) is 0 Å². The van der Waals surface area contributed by atoms with Crippen molar-refractivity contribution in [1.82, 2.24) is 4.90 Å². The van der Waals surface area contributed by atoms with Gasteiger partial charge >= 0.3 is 0 Å². The van der Waals surface area contributed by atoms with Gasteiger partial charge in [0.25, 0.3) is 5.91 Å². The van der Waals surface area contributed by atoms with Crippen LogP contribution in [0.2, 0.25) is 5.02 Å². The molecule has 0 aliphatic carbocycles. The van der Waals surface area contributed by atoms with Gasteiger partial charge in [0.1, 0.15) is 0 Å². The standard InChI is InChI=1S/C15H21ClN2O/c1-11-5-6-12(16)10-14(11)15(19)18-9-3-2-4-13(18)7-8-17/h5-6,10,13H,2-4,7-9,17H2,1H3. The van der Waals surface area contributed by atoms with Gasteiger partial charge in [-0.15, -0.1) is 0 Å². The third-order valence-electron chi connectivity index (χ3n) is 3.82. The lowest BCUT2D eigenvalue weighted by Crippen LogP contribution is -2.44. The lowest BCUT2D eigenvalue weighted by Gasteiger charge is -2.36. The zero-order valence-electron chi connectivity index (χ0n) is 11.4. The fourth-order valence-electron chi connectivity index (χ4n) is 2.74. The van der Waals surface area contributed by atoms with E-state index in [4.69, 9.17) is 17.3 Å². The summed E-state index contributed by atoms with van der Waals surface area (Å²) in [4.78, 5) is 14.7. The predicted octanol–water partition coefficient (Wildman–Crippen LogP) is 2.99. The number of hydrogen-bond acceptors (Lipinski definition) is 2. The largest absolute Gasteiger partial charge is 0.336 e. The maximum atomic E-state index is 12.7. The quantitative estimate of drug-likeness (QED) is 0.925. The number of piperidine rings is 1. The third kappa shape index (κ3) is 3.28. The van der Waals surface area contributed by atoms with Crippen LogP contribution in [0.25, 0.3) is 0 Å². The number of likely N-dealkylation sites (tertiary alicyclic amines) is 1. The first-order valence-electron chi connectivity index (χ1n) is 6.90. The van der Waals surface area contributed by atoms with Crippen molar-refractivity contribution in [3.8, 4) is 0 Å². The summed E-state index contributed by atoms with van der Waals surface area (Å²) in [5, 5.41) is 0.612. The highest BCUT2D eigenvalue weighted by Gasteiger charge is 2.27. The average molecular weight is 281 g/mol. The molecular weight excluding hydrogens is 260 g/mol. The van der Waals surface area contributed by atoms with E-state index in [2.05, 4.69) is 0 Å². The van der Waals surface area contributed by atoms with E-state index in [0.717, 1.165) is 36.9 Å². The van der Waals surface area contributed by atoms with E-state index in [9.17, 15) is 4.79 Å². The second kappa shape index (κ2) is 6.40. The number of hydrogen-bond donors (Lipinski definition) is 1. The summed E-state index contributed by atoms with van der Waals surface area (Å²) in [5.41, 5.74) is 7.35. The van der Waals surface area contributed by atoms with Crippen molar-refractivity contribution in [1.29, 1.82) is 0 Å². The highest BCUT2D eigenvalue weighted by molar-refractivity contribution is 6.31. The Hall–Kier alpha value is -1.06. The molecule has 0 saturated carbocycles. The summed E-state index contributed by atoms with van der Waals surface area (Å²) in [6, 6.07) is 5.77. The Morgan fingerprint density at radius 3 is 3.00 bits per heavy atom. The fourth-order valence-corrected chi connectivity index (χ4v) is 2.91. The van der Waals surface area contributed by atoms with Gasteiger partial charge in [0.15, 0.2) is 0 Å². The number of aryl methyl sites for hydroxylation is 1. The topological polar surface area (TPSA) is 46.3 Å². The van der Waals surface area contributed by atoms with Crippen LogP contribution >= 0.6 is 11.6 Å². The molecule has 1 unspecified atom stereocenters. The molecule has 1 heterocycles. The van der Waals surface area contributed by atoms with Crippen molar-refractivity contribution in [2.45, 2.75) is 38.6 Å². The zero-order valence-corrected chi connectivity index (χ0v) is 12.1. The lowest BCUT2D eigenvalue weighted by molar-refractivity contribution is 0.0604. The number of rotatable bonds is 3. The fraction of sp³-hybridized carbons (Fsp3) is 0.533. The molecule has 104 valence electrons. The molecule has 1 aromatic rings. The number of benzene rings is 1. The second-order valence-corrected chi connectivity index (χ2v) is 5.62. The van der Waals surface area contributed by atoms with Gasteiger partial charge in [0, 0.05) is 23.2 Å². The summed E-state index contributed by atoms with van der Waals surface area (Å²) in [6.45, 7) is 3.41. The highest BCUT2D eigenvalue weighted by Crippen LogP contribution is 2.24. The minimum absolute atomic E-state index is 0.0955. The summed E-state index contributed by atoms with van der Waals surface area (Å²) in [5.74, 6) is 0.0955. The first kappa shape index (κ1) is 14.4. The van der Waals surface area contributed by atoms with Crippen molar-refractivity contribution >= 4 is 17.5 Å². The molecule has 1 aliphatic heterocycles. The number of nitrogens with zero attached hydrogens (tertiary/aromatic N) is 1. The molecule has 1 atom stereocenters. The smallest absolute Gasteiger partial charge is 0.254 e. The van der Waals surface area contributed by atoms with Crippen LogP contribution < -0.4 is 5.73 Å². The number of carbonyl (C=O) groups excluding carboxylic acids is 1. The molecule has 1 fully saturated rings. The number of halogens is 1. The third-order valence-corrected chi connectivity index (χ3v) is 4.05. The van der Waals surface area contributed by atoms with E-state index < -0.39 is 0 Å². The molecule has 3 nitrogen and oxygen atoms in total. The summed E-state index contributed by atoms with van der Waals surface area (Å²) < 4.78 is 0. The van der Waals surface area contributed by atoms with Crippen LogP contribution in [0.5, 0.6) is 0 Å². The molecule has 19 heavy (non-hydrogen) atoms. The Kier molecular flexibility index (Phi) is 4.83. The van der Waals surface area contributed by atoms with Crippen LogP contribution in [-0.2, 0) is 0 Å². The van der Waals surface area contributed by atoms with Gasteiger partial charge in [-0.25, -0.2) is 0 Å². The lowest BCUT2D eigenvalue weighted by atomic mass is 9.97. The van der Waals surface area contributed by atoms with Crippen molar-refractivity contribution in [2.24, 2.45) is 5.73 Å². The molecule has 1 aliphatic rings. The highest BCUT2D eigenvalue weighted by atomic mass is 35.5. The normalized spacial score (nSPS) is 19.5. The molecule has 4 heteroatoms. The van der Waals surface area contributed by atoms with Gasteiger partial charge in [-0.1, -0.05) is 17.7 Å².